The molecule has 0 bridgehead atoms. The zero-order valence-electron chi connectivity index (χ0n) is 10.1. The Labute approximate surface area is 99.3 Å². The van der Waals surface area contributed by atoms with Crippen LogP contribution in [-0.2, 0) is 0 Å². The highest BCUT2D eigenvalue weighted by molar-refractivity contribution is 7.36. The van der Waals surface area contributed by atoms with Crippen molar-refractivity contribution in [1.82, 2.24) is 5.09 Å². The van der Waals surface area contributed by atoms with Gasteiger partial charge in [0.15, 0.2) is 0 Å². The Balaban J connectivity index is 1.80. The van der Waals surface area contributed by atoms with Crippen molar-refractivity contribution in [3.8, 4) is 0 Å². The third-order valence-electron chi connectivity index (χ3n) is 3.75. The minimum atomic E-state index is -1.25. The van der Waals surface area contributed by atoms with Gasteiger partial charge in [-0.1, -0.05) is 30.3 Å². The first-order valence-corrected chi connectivity index (χ1v) is 8.05. The Morgan fingerprint density at radius 2 is 1.44 bits per heavy atom. The summed E-state index contributed by atoms with van der Waals surface area (Å²) in [7, 11) is -1.25. The van der Waals surface area contributed by atoms with Crippen LogP contribution < -0.4 is 5.09 Å². The maximum atomic E-state index is 9.94. The molecule has 3 nitrogen and oxygen atoms in total. The van der Waals surface area contributed by atoms with E-state index < -0.39 is 7.94 Å². The molecule has 2 saturated carbocycles. The summed E-state index contributed by atoms with van der Waals surface area (Å²) in [6.07, 6.45) is 12.7. The lowest BCUT2D eigenvalue weighted by Gasteiger charge is -2.19. The molecule has 2 aliphatic carbocycles. The van der Waals surface area contributed by atoms with E-state index in [1.807, 2.05) is 0 Å². The SMILES string of the molecule is OP(#[N+]C1CCCCC1)NC1CCCCC1. The first-order chi connectivity index (χ1) is 7.84. The van der Waals surface area contributed by atoms with E-state index in [0.29, 0.717) is 12.1 Å². The molecule has 1 atom stereocenters. The summed E-state index contributed by atoms with van der Waals surface area (Å²) in [4.78, 5) is 9.94. The molecule has 0 heterocycles. The third-order valence-corrected chi connectivity index (χ3v) is 4.89. The van der Waals surface area contributed by atoms with E-state index in [9.17, 15) is 4.89 Å². The zero-order valence-corrected chi connectivity index (χ0v) is 11.0. The summed E-state index contributed by atoms with van der Waals surface area (Å²) >= 11 is 0. The van der Waals surface area contributed by atoms with Gasteiger partial charge >= 0.3 is 7.94 Å². The van der Waals surface area contributed by atoms with Gasteiger partial charge in [-0.2, -0.15) is 5.09 Å². The molecule has 0 aromatic carbocycles. The smallest absolute Gasteiger partial charge is 0.277 e. The topological polar surface area (TPSA) is 36.6 Å². The molecular formula is C12H24N2OP+. The van der Waals surface area contributed by atoms with Gasteiger partial charge in [-0.15, -0.1) is 0 Å². The molecule has 2 rings (SSSR count). The highest BCUT2D eigenvalue weighted by Crippen LogP contribution is 2.26. The van der Waals surface area contributed by atoms with Crippen LogP contribution in [0.5, 0.6) is 0 Å². The van der Waals surface area contributed by atoms with Crippen LogP contribution in [0.3, 0.4) is 0 Å². The summed E-state index contributed by atoms with van der Waals surface area (Å²) in [6, 6.07) is 0.957. The van der Waals surface area contributed by atoms with Gasteiger partial charge in [-0.25, -0.2) is 0 Å². The average molecular weight is 243 g/mol. The van der Waals surface area contributed by atoms with Crippen molar-refractivity contribution in [2.45, 2.75) is 76.3 Å². The second-order valence-corrected chi connectivity index (χ2v) is 6.23. The van der Waals surface area contributed by atoms with Gasteiger partial charge in [-0.3, -0.25) is 4.89 Å². The largest absolute Gasteiger partial charge is 0.463 e. The number of hydrogen-bond donors (Lipinski definition) is 2. The summed E-state index contributed by atoms with van der Waals surface area (Å²) in [5.41, 5.74) is 0. The Hall–Kier alpha value is -0.0700. The fourth-order valence-electron chi connectivity index (χ4n) is 2.78. The zero-order chi connectivity index (χ0) is 11.2. The van der Waals surface area contributed by atoms with E-state index in [1.54, 1.807) is 0 Å². The molecule has 92 valence electrons. The molecule has 0 aliphatic heterocycles. The van der Waals surface area contributed by atoms with Crippen LogP contribution in [-0.4, -0.2) is 17.0 Å². The molecule has 2 aliphatic rings. The van der Waals surface area contributed by atoms with Gasteiger partial charge in [-0.05, 0) is 25.7 Å². The van der Waals surface area contributed by atoms with E-state index in [4.69, 9.17) is 0 Å². The molecule has 0 spiro atoms. The number of nitrogens with zero attached hydrogens (tertiary/aromatic N) is 1. The van der Waals surface area contributed by atoms with E-state index >= 15 is 0 Å². The van der Waals surface area contributed by atoms with Crippen molar-refractivity contribution in [2.75, 3.05) is 0 Å². The maximum Gasteiger partial charge on any atom is 0.463 e. The third kappa shape index (κ3) is 4.07. The minimum Gasteiger partial charge on any atom is -0.277 e. The molecule has 0 aromatic rings. The lowest BCUT2D eigenvalue weighted by atomic mass is 9.96. The van der Waals surface area contributed by atoms with Crippen molar-refractivity contribution in [3.63, 3.8) is 0 Å². The monoisotopic (exact) mass is 243 g/mol. The first kappa shape index (κ1) is 12.4. The fourth-order valence-corrected chi connectivity index (χ4v) is 3.97. The second kappa shape index (κ2) is 6.61. The molecule has 1 unspecified atom stereocenters. The molecule has 2 fully saturated rings. The molecule has 16 heavy (non-hydrogen) atoms. The average Bonchev–Trinajstić information content (AvgIpc) is 2.31. The summed E-state index contributed by atoms with van der Waals surface area (Å²) in [5.74, 6) is 0. The highest BCUT2D eigenvalue weighted by Gasteiger charge is 2.23. The van der Waals surface area contributed by atoms with E-state index in [-0.39, 0.29) is 0 Å². The van der Waals surface area contributed by atoms with Crippen LogP contribution in [0.2, 0.25) is 0 Å². The van der Waals surface area contributed by atoms with Gasteiger partial charge in [0, 0.05) is 18.9 Å². The number of nitrogens with one attached hydrogen (secondary N) is 1. The van der Waals surface area contributed by atoms with E-state index in [1.165, 1.54) is 64.2 Å². The number of rotatable bonds is 1. The van der Waals surface area contributed by atoms with Gasteiger partial charge in [0.25, 0.3) is 6.04 Å². The van der Waals surface area contributed by atoms with Crippen LogP contribution in [0.25, 0.3) is 4.59 Å². The molecule has 0 aromatic heterocycles. The summed E-state index contributed by atoms with van der Waals surface area (Å²) in [5, 5.41) is 3.32. The Kier molecular flexibility index (Phi) is 5.12. The van der Waals surface area contributed by atoms with Crippen LogP contribution in [0.4, 0.5) is 0 Å². The second-order valence-electron chi connectivity index (χ2n) is 5.16. The van der Waals surface area contributed by atoms with Crippen molar-refractivity contribution >= 4 is 7.94 Å². The minimum absolute atomic E-state index is 0.431. The van der Waals surface area contributed by atoms with E-state index in [0.717, 1.165) is 0 Å². The van der Waals surface area contributed by atoms with Crippen LogP contribution in [0.15, 0.2) is 0 Å². The molecule has 0 saturated heterocycles. The molecule has 0 radical (unpaired) electrons. The van der Waals surface area contributed by atoms with Crippen LogP contribution in [0.1, 0.15) is 64.2 Å². The molecule has 0 amide bonds. The van der Waals surface area contributed by atoms with Crippen LogP contribution in [0, 0.1) is 0 Å². The van der Waals surface area contributed by atoms with Crippen molar-refractivity contribution in [2.24, 2.45) is 0 Å². The normalized spacial score (nSPS) is 25.2. The van der Waals surface area contributed by atoms with Crippen molar-refractivity contribution in [1.29, 1.82) is 0 Å². The Morgan fingerprint density at radius 1 is 0.875 bits per heavy atom. The summed E-state index contributed by atoms with van der Waals surface area (Å²) < 4.78 is 4.54. The first-order valence-electron chi connectivity index (χ1n) is 6.80. The van der Waals surface area contributed by atoms with Crippen LogP contribution >= 0.6 is 7.94 Å². The van der Waals surface area contributed by atoms with Gasteiger partial charge in [0.05, 0.1) is 0 Å². The lowest BCUT2D eigenvalue weighted by molar-refractivity contribution is 0.413. The molecule has 4 heteroatoms. The lowest BCUT2D eigenvalue weighted by Crippen LogP contribution is -2.25. The Bertz CT molecular complexity index is 282. The van der Waals surface area contributed by atoms with Gasteiger partial charge in [0.1, 0.15) is 0 Å². The number of hydrogen-bond acceptors (Lipinski definition) is 2. The fraction of sp³-hybridized carbons (Fsp3) is 1.00. The predicted octanol–water partition coefficient (Wildman–Crippen LogP) is 3.83. The molecular weight excluding hydrogens is 219 g/mol. The van der Waals surface area contributed by atoms with Crippen molar-refractivity contribution in [3.05, 3.63) is 4.59 Å². The molecule has 2 N–H and O–H groups in total. The quantitative estimate of drug-likeness (QED) is 0.687. The standard InChI is InChI=1S/C12H23N2OP/c15-16(13-11-7-3-1-4-8-11)14-12-9-5-2-6-10-12/h11-12H,1-10H2,(H,13,15)/p+1. The highest BCUT2D eigenvalue weighted by atomic mass is 31.1. The predicted molar refractivity (Wildman–Crippen MR) is 69.4 cm³/mol. The van der Waals surface area contributed by atoms with Crippen molar-refractivity contribution < 1.29 is 4.89 Å². The van der Waals surface area contributed by atoms with Gasteiger partial charge in [0.2, 0.25) is 0 Å². The van der Waals surface area contributed by atoms with E-state index in [2.05, 4.69) is 9.67 Å². The maximum absolute atomic E-state index is 9.94. The Morgan fingerprint density at radius 3 is 2.06 bits per heavy atom. The summed E-state index contributed by atoms with van der Waals surface area (Å²) in [6.45, 7) is 0. The van der Waals surface area contributed by atoms with Gasteiger partial charge < -0.3 is 0 Å².